The Labute approximate surface area is 279 Å². The molecule has 0 N–H and O–H groups in total. The summed E-state index contributed by atoms with van der Waals surface area (Å²) in [6.45, 7) is 20.0. The minimum absolute atomic E-state index is 0.0635. The van der Waals surface area contributed by atoms with Crippen LogP contribution in [0.5, 0.6) is 0 Å². The van der Waals surface area contributed by atoms with Gasteiger partial charge in [-0.3, -0.25) is 0 Å². The summed E-state index contributed by atoms with van der Waals surface area (Å²) in [6.07, 6.45) is 6.33. The van der Waals surface area contributed by atoms with Crippen molar-refractivity contribution in [3.63, 3.8) is 0 Å². The molecule has 0 spiro atoms. The van der Waals surface area contributed by atoms with Crippen molar-refractivity contribution < 1.29 is 0 Å². The molecule has 234 valence electrons. The van der Waals surface area contributed by atoms with Gasteiger partial charge in [0.15, 0.2) is 0 Å². The van der Waals surface area contributed by atoms with Gasteiger partial charge < -0.3 is 9.13 Å². The van der Waals surface area contributed by atoms with Crippen LogP contribution in [0.25, 0.3) is 67.4 Å². The average Bonchev–Trinajstić information content (AvgIpc) is 3.56. The van der Waals surface area contributed by atoms with E-state index in [0.717, 1.165) is 17.1 Å². The molecule has 5 aromatic carbocycles. The first-order chi connectivity index (χ1) is 22.5. The maximum Gasteiger partial charge on any atom is 0.0541 e. The second-order valence-corrected chi connectivity index (χ2v) is 14.8. The Kier molecular flexibility index (Phi) is 7.36. The van der Waals surface area contributed by atoms with Crippen molar-refractivity contribution in [2.45, 2.75) is 59.3 Å². The van der Waals surface area contributed by atoms with E-state index >= 15 is 0 Å². The van der Waals surface area contributed by atoms with Crippen LogP contribution >= 0.6 is 0 Å². The summed E-state index contributed by atoms with van der Waals surface area (Å²) >= 11 is 0. The van der Waals surface area contributed by atoms with E-state index in [0.29, 0.717) is 0 Å². The van der Waals surface area contributed by atoms with E-state index in [1.165, 1.54) is 60.5 Å². The maximum absolute atomic E-state index is 4.26. The van der Waals surface area contributed by atoms with E-state index in [2.05, 4.69) is 186 Å². The number of hydrogen-bond donors (Lipinski definition) is 0. The van der Waals surface area contributed by atoms with Crippen molar-refractivity contribution in [3.05, 3.63) is 144 Å². The Morgan fingerprint density at radius 3 is 1.64 bits per heavy atom. The molecule has 0 bridgehead atoms. The number of aromatic nitrogens is 2. The van der Waals surface area contributed by atoms with Crippen molar-refractivity contribution in [1.82, 2.24) is 9.13 Å². The van der Waals surface area contributed by atoms with Crippen LogP contribution in [0.4, 0.5) is 0 Å². The minimum Gasteiger partial charge on any atom is -0.309 e. The van der Waals surface area contributed by atoms with E-state index in [1.807, 2.05) is 6.08 Å². The van der Waals surface area contributed by atoms with Crippen LogP contribution in [0.2, 0.25) is 0 Å². The van der Waals surface area contributed by atoms with E-state index in [4.69, 9.17) is 0 Å². The third-order valence-electron chi connectivity index (χ3n) is 9.52. The number of benzene rings is 5. The molecule has 0 aliphatic rings. The standard InChI is InChI=1S/C45H44N2/c1-9-15-36-38-28-32(44(3,4)5)22-24-42(38)46(40(36)10-2)34-18-13-16-30(26-34)31-17-14-19-35(27-31)47-41-21-12-11-20-37(41)39-29-33(45(6,7)8)23-25-43(39)47/h9-29H,2H2,1,3-8H3/b15-9-. The number of fused-ring (bicyclic) bond motifs is 4. The highest BCUT2D eigenvalue weighted by Gasteiger charge is 2.21. The fraction of sp³-hybridized carbons (Fsp3) is 0.200. The van der Waals surface area contributed by atoms with E-state index in [1.54, 1.807) is 0 Å². The summed E-state index contributed by atoms with van der Waals surface area (Å²) < 4.78 is 4.77. The number of nitrogens with zero attached hydrogens (tertiary/aromatic N) is 2. The van der Waals surface area contributed by atoms with Gasteiger partial charge in [-0.15, -0.1) is 0 Å². The predicted octanol–water partition coefficient (Wildman–Crippen LogP) is 12.7. The molecule has 0 saturated heterocycles. The topological polar surface area (TPSA) is 9.86 Å². The molecular formula is C45H44N2. The fourth-order valence-corrected chi connectivity index (χ4v) is 6.99. The molecule has 0 fully saturated rings. The Bertz CT molecular complexity index is 2340. The highest BCUT2D eigenvalue weighted by Crippen LogP contribution is 2.38. The lowest BCUT2D eigenvalue weighted by atomic mass is 9.86. The summed E-state index contributed by atoms with van der Waals surface area (Å²) in [6, 6.07) is 40.5. The zero-order valence-corrected chi connectivity index (χ0v) is 28.7. The fourth-order valence-electron chi connectivity index (χ4n) is 6.99. The van der Waals surface area contributed by atoms with Crippen LogP contribution < -0.4 is 0 Å². The van der Waals surface area contributed by atoms with Gasteiger partial charge in [0.05, 0.1) is 22.2 Å². The van der Waals surface area contributed by atoms with Crippen molar-refractivity contribution in [2.75, 3.05) is 0 Å². The first-order valence-corrected chi connectivity index (χ1v) is 16.7. The van der Waals surface area contributed by atoms with Crippen LogP contribution in [0.15, 0.2) is 122 Å². The summed E-state index contributed by atoms with van der Waals surface area (Å²) in [7, 11) is 0. The van der Waals surface area contributed by atoms with Gasteiger partial charge >= 0.3 is 0 Å². The number of allylic oxidation sites excluding steroid dienone is 1. The Hall–Kier alpha value is -5.08. The highest BCUT2D eigenvalue weighted by atomic mass is 15.0. The van der Waals surface area contributed by atoms with Crippen LogP contribution in [-0.4, -0.2) is 9.13 Å². The van der Waals surface area contributed by atoms with E-state index in [9.17, 15) is 0 Å². The molecule has 2 aromatic heterocycles. The number of hydrogen-bond acceptors (Lipinski definition) is 0. The molecule has 7 rings (SSSR count). The molecule has 47 heavy (non-hydrogen) atoms. The molecule has 2 heterocycles. The number of para-hydroxylation sites is 1. The summed E-state index contributed by atoms with van der Waals surface area (Å²) in [5.41, 5.74) is 13.4. The van der Waals surface area contributed by atoms with Crippen LogP contribution in [0.3, 0.4) is 0 Å². The lowest BCUT2D eigenvalue weighted by Gasteiger charge is -2.19. The average molecular weight is 613 g/mol. The van der Waals surface area contributed by atoms with Gasteiger partial charge in [0, 0.05) is 33.1 Å². The Morgan fingerprint density at radius 1 is 0.532 bits per heavy atom. The molecular weight excluding hydrogens is 569 g/mol. The van der Waals surface area contributed by atoms with Gasteiger partial charge in [-0.2, -0.15) is 0 Å². The van der Waals surface area contributed by atoms with Gasteiger partial charge in [0.2, 0.25) is 0 Å². The lowest BCUT2D eigenvalue weighted by Crippen LogP contribution is -2.10. The molecule has 2 heteroatoms. The summed E-state index contributed by atoms with van der Waals surface area (Å²) in [4.78, 5) is 0. The Balaban J connectivity index is 1.39. The maximum atomic E-state index is 4.26. The van der Waals surface area contributed by atoms with E-state index in [-0.39, 0.29) is 10.8 Å². The second kappa shape index (κ2) is 11.3. The first-order valence-electron chi connectivity index (χ1n) is 16.7. The van der Waals surface area contributed by atoms with Crippen molar-refractivity contribution in [1.29, 1.82) is 0 Å². The van der Waals surface area contributed by atoms with Crippen LogP contribution in [-0.2, 0) is 10.8 Å². The second-order valence-electron chi connectivity index (χ2n) is 14.8. The molecule has 2 nitrogen and oxygen atoms in total. The van der Waals surface area contributed by atoms with Gasteiger partial charge in [0.1, 0.15) is 0 Å². The third-order valence-corrected chi connectivity index (χ3v) is 9.52. The minimum atomic E-state index is 0.0635. The smallest absolute Gasteiger partial charge is 0.0541 e. The van der Waals surface area contributed by atoms with Gasteiger partial charge in [-0.25, -0.2) is 0 Å². The molecule has 0 unspecified atom stereocenters. The van der Waals surface area contributed by atoms with Crippen molar-refractivity contribution in [2.24, 2.45) is 0 Å². The zero-order valence-electron chi connectivity index (χ0n) is 28.7. The van der Waals surface area contributed by atoms with Gasteiger partial charge in [0.25, 0.3) is 0 Å². The summed E-state index contributed by atoms with van der Waals surface area (Å²) in [5.74, 6) is 0. The predicted molar refractivity (Wildman–Crippen MR) is 205 cm³/mol. The van der Waals surface area contributed by atoms with E-state index < -0.39 is 0 Å². The molecule has 0 saturated carbocycles. The summed E-state index contributed by atoms with van der Waals surface area (Å²) in [5, 5.41) is 3.83. The molecule has 7 aromatic rings. The molecule has 0 aliphatic carbocycles. The quantitative estimate of drug-likeness (QED) is 0.183. The van der Waals surface area contributed by atoms with Crippen LogP contribution in [0, 0.1) is 0 Å². The highest BCUT2D eigenvalue weighted by molar-refractivity contribution is 6.09. The van der Waals surface area contributed by atoms with Crippen molar-refractivity contribution in [3.8, 4) is 22.5 Å². The zero-order chi connectivity index (χ0) is 33.1. The SMILES string of the molecule is C=Cc1c(/C=C\C)c2cc(C(C)(C)C)ccc2n1-c1cccc(-c2cccc(-n3c4ccccc4c4cc(C(C)(C)C)ccc43)c2)c1. The lowest BCUT2D eigenvalue weighted by molar-refractivity contribution is 0.591. The molecule has 0 amide bonds. The van der Waals surface area contributed by atoms with Gasteiger partial charge in [-0.05, 0) is 101 Å². The molecule has 0 atom stereocenters. The molecule has 0 aliphatic heterocycles. The third kappa shape index (κ3) is 5.22. The van der Waals surface area contributed by atoms with Crippen LogP contribution in [0.1, 0.15) is 70.9 Å². The van der Waals surface area contributed by atoms with Gasteiger partial charge in [-0.1, -0.05) is 115 Å². The molecule has 0 radical (unpaired) electrons. The number of rotatable bonds is 5. The first kappa shape index (κ1) is 30.6. The normalized spacial score (nSPS) is 12.6. The largest absolute Gasteiger partial charge is 0.309 e. The Morgan fingerprint density at radius 2 is 1.06 bits per heavy atom. The monoisotopic (exact) mass is 612 g/mol. The van der Waals surface area contributed by atoms with Crippen molar-refractivity contribution >= 4 is 44.9 Å².